The minimum atomic E-state index is -2.59. The van der Waals surface area contributed by atoms with Crippen LogP contribution in [0.1, 0.15) is 82.2 Å². The quantitative estimate of drug-likeness (QED) is 0.0285. The molecule has 0 aliphatic carbocycles. The molecule has 2 N–H and O–H groups in total. The van der Waals surface area contributed by atoms with Gasteiger partial charge in [0.2, 0.25) is 0 Å². The molecule has 4 amide bonds. The number of nitrogens with zero attached hydrogens (tertiary/aromatic N) is 4. The number of anilines is 2. The van der Waals surface area contributed by atoms with Crippen molar-refractivity contribution in [1.82, 2.24) is 19.6 Å². The number of benzene rings is 4. The van der Waals surface area contributed by atoms with Crippen LogP contribution >= 0.6 is 44.0 Å². The number of amides is 4. The number of hydrogen-bond acceptors (Lipinski definition) is 18. The second-order valence-corrected chi connectivity index (χ2v) is 26.3. The number of rotatable bonds is 16. The topological polar surface area (TPSA) is 210 Å². The Labute approximate surface area is 497 Å². The van der Waals surface area contributed by atoms with E-state index in [2.05, 4.69) is 22.8 Å². The average Bonchev–Trinajstić information content (AvgIpc) is 1.47. The lowest BCUT2D eigenvalue weighted by molar-refractivity contribution is -0.223. The van der Waals surface area contributed by atoms with Crippen molar-refractivity contribution in [2.24, 2.45) is 11.8 Å². The van der Waals surface area contributed by atoms with Crippen molar-refractivity contribution >= 4 is 103 Å². The highest BCUT2D eigenvalue weighted by Crippen LogP contribution is 2.76. The number of ether oxygens (including phenoxy) is 4. The van der Waals surface area contributed by atoms with Crippen molar-refractivity contribution in [2.45, 2.75) is 103 Å². The molecule has 6 aliphatic heterocycles. The third-order valence-corrected chi connectivity index (χ3v) is 22.6. The predicted octanol–water partition coefficient (Wildman–Crippen LogP) is 7.64. The Hall–Kier alpha value is -7.32. The fourth-order valence-corrected chi connectivity index (χ4v) is 18.8. The van der Waals surface area contributed by atoms with E-state index in [0.717, 1.165) is 61.9 Å². The number of esters is 4. The highest BCUT2D eigenvalue weighted by atomic mass is 33.1. The van der Waals surface area contributed by atoms with Gasteiger partial charge in [-0.1, -0.05) is 181 Å². The standard InChI is InChI=1S/C61H60N6O12S4/c1-36(2)47(70)78-57(34-76-38(5)68)51(72)66-49-55(43-28-18-20-30-45(43)62-49,32-59(66,81-80)53(74)64(57)7)56-33-60(82-83-61(40-22-12-9-13-23-40,41-24-14-10-15-25-41)42-26-16-11-17-27-42)54(75)65(8)58(35-77-39(6)69,79-48(71)37(3)4)52(73)67(60)50(56)63-46-31-21-19-29-44(46)56/h9-18,20,22-31,36-37,49-50,62-63,80H,32-35H2,1-8H3/t49-,50-,55+,56+,57-,58-,59+,60+/m1/s1. The molecule has 0 spiro atoms. The molecular formula is C61H60N6O12S4. The predicted molar refractivity (Wildman–Crippen MR) is 314 cm³/mol. The lowest BCUT2D eigenvalue weighted by atomic mass is 9.54. The number of para-hydroxylation sites is 1. The molecule has 4 saturated heterocycles. The first-order valence-corrected chi connectivity index (χ1v) is 31.0. The summed E-state index contributed by atoms with van der Waals surface area (Å²) >= 11 is 4.88. The molecule has 8 atom stereocenters. The van der Waals surface area contributed by atoms with Crippen LogP contribution in [0.3, 0.4) is 0 Å². The van der Waals surface area contributed by atoms with E-state index >= 15 is 19.2 Å². The summed E-state index contributed by atoms with van der Waals surface area (Å²) in [6, 6.07) is 46.4. The maximum atomic E-state index is 17.0. The van der Waals surface area contributed by atoms with Crippen LogP contribution in [0.5, 0.6) is 0 Å². The third-order valence-electron chi connectivity index (χ3n) is 17.2. The monoisotopic (exact) mass is 1200 g/mol. The molecule has 0 aromatic heterocycles. The van der Waals surface area contributed by atoms with Crippen molar-refractivity contribution < 1.29 is 57.3 Å². The number of carbonyl (C=O) groups excluding carboxylic acids is 8. The first-order chi connectivity index (χ1) is 39.6. The van der Waals surface area contributed by atoms with Crippen LogP contribution in [-0.2, 0) is 72.9 Å². The zero-order chi connectivity index (χ0) is 59.2. The number of nitrogens with one attached hydrogen (secondary N) is 2. The molecule has 5 aromatic carbocycles. The molecule has 11 rings (SSSR count). The summed E-state index contributed by atoms with van der Waals surface area (Å²) in [4.78, 5) is 121. The first-order valence-electron chi connectivity index (χ1n) is 27.0. The molecule has 83 heavy (non-hydrogen) atoms. The molecule has 0 bridgehead atoms. The van der Waals surface area contributed by atoms with Gasteiger partial charge in [-0.2, -0.15) is 0 Å². The van der Waals surface area contributed by atoms with Crippen LogP contribution in [0.2, 0.25) is 0 Å². The van der Waals surface area contributed by atoms with Gasteiger partial charge in [-0.25, -0.2) is 0 Å². The van der Waals surface area contributed by atoms with Crippen molar-refractivity contribution in [3.63, 3.8) is 0 Å². The van der Waals surface area contributed by atoms with Crippen LogP contribution in [0.25, 0.3) is 0 Å². The van der Waals surface area contributed by atoms with Gasteiger partial charge < -0.3 is 29.6 Å². The van der Waals surface area contributed by atoms with Crippen molar-refractivity contribution in [2.75, 3.05) is 37.9 Å². The molecule has 18 nitrogen and oxygen atoms in total. The van der Waals surface area contributed by atoms with Crippen LogP contribution in [0.4, 0.5) is 11.4 Å². The molecule has 6 heterocycles. The SMILES string of the molecule is CC(=O)OC[C@@]1(OC(=O)C(C)C)C(=O)N2[C@H]3Nc4ccccc4[C@@]3([C@]34C[C@]5(SSC(c6ccccc6)(c6ccccc6)c6ccccc6)C(=O)N(C)[C@](COC(C)=O)(OC(=O)C(C)C)C(=O)N5[C@H]3Nc3cc#ccc34)C[C@]2(SS)C(=O)N1C. The third kappa shape index (κ3) is 8.03. The van der Waals surface area contributed by atoms with E-state index in [1.54, 1.807) is 39.8 Å². The minimum absolute atomic E-state index is 0.251. The fourth-order valence-electron chi connectivity index (χ4n) is 13.3. The lowest BCUT2D eigenvalue weighted by Crippen LogP contribution is -2.77. The number of fused-ring (bicyclic) bond motifs is 11. The van der Waals surface area contributed by atoms with Crippen LogP contribution in [0, 0.1) is 24.0 Å². The summed E-state index contributed by atoms with van der Waals surface area (Å²) in [5, 5.41) is 7.32. The van der Waals surface area contributed by atoms with Gasteiger partial charge in [0.25, 0.3) is 23.6 Å². The van der Waals surface area contributed by atoms with E-state index in [1.165, 1.54) is 34.7 Å². The molecule has 4 fully saturated rings. The average molecular weight is 1200 g/mol. The maximum Gasteiger partial charge on any atom is 0.311 e. The molecule has 0 unspecified atom stereocenters. The lowest BCUT2D eigenvalue weighted by Gasteiger charge is -2.53. The summed E-state index contributed by atoms with van der Waals surface area (Å²) in [5.41, 5.74) is -3.79. The molecule has 5 aromatic rings. The molecular weight excluding hydrogens is 1140 g/mol. The van der Waals surface area contributed by atoms with Gasteiger partial charge in [0.05, 0.1) is 22.7 Å². The highest BCUT2D eigenvalue weighted by molar-refractivity contribution is 8.77. The molecule has 6 aliphatic rings. The van der Waals surface area contributed by atoms with Crippen molar-refractivity contribution in [3.05, 3.63) is 167 Å². The van der Waals surface area contributed by atoms with E-state index in [4.69, 9.17) is 30.6 Å². The molecule has 0 radical (unpaired) electrons. The van der Waals surface area contributed by atoms with Gasteiger partial charge in [0.15, 0.2) is 23.0 Å². The summed E-state index contributed by atoms with van der Waals surface area (Å²) in [5.74, 6) is -8.26. The molecule has 22 heteroatoms. The van der Waals surface area contributed by atoms with Gasteiger partial charge in [0, 0.05) is 58.2 Å². The Kier molecular flexibility index (Phi) is 14.4. The normalized spacial score (nSPS) is 28.3. The Morgan fingerprint density at radius 2 is 1.00 bits per heavy atom. The zero-order valence-electron chi connectivity index (χ0n) is 46.6. The van der Waals surface area contributed by atoms with E-state index in [0.29, 0.717) is 22.5 Å². The van der Waals surface area contributed by atoms with Crippen LogP contribution < -0.4 is 10.6 Å². The number of piperazine rings is 2. The Balaban J connectivity index is 1.22. The molecule has 430 valence electrons. The van der Waals surface area contributed by atoms with Crippen LogP contribution in [-0.4, -0.2) is 128 Å². The van der Waals surface area contributed by atoms with Gasteiger partial charge in [0.1, 0.15) is 17.1 Å². The van der Waals surface area contributed by atoms with E-state index < -0.39 is 122 Å². The number of likely N-dealkylation sites (N-methyl/N-ethyl adjacent to an activating group) is 2. The summed E-state index contributed by atoms with van der Waals surface area (Å²) < 4.78 is 22.6. The summed E-state index contributed by atoms with van der Waals surface area (Å²) in [6.45, 7) is 6.79. The van der Waals surface area contributed by atoms with E-state index in [9.17, 15) is 19.2 Å². The Morgan fingerprint density at radius 3 is 1.47 bits per heavy atom. The van der Waals surface area contributed by atoms with Gasteiger partial charge in [-0.3, -0.25) is 58.0 Å². The van der Waals surface area contributed by atoms with Crippen LogP contribution in [0.15, 0.2) is 127 Å². The Morgan fingerprint density at radius 1 is 0.590 bits per heavy atom. The minimum Gasteiger partial charge on any atom is -0.459 e. The molecule has 0 saturated carbocycles. The Bertz CT molecular complexity index is 3400. The van der Waals surface area contributed by atoms with Gasteiger partial charge >= 0.3 is 35.3 Å². The zero-order valence-corrected chi connectivity index (χ0v) is 50.0. The summed E-state index contributed by atoms with van der Waals surface area (Å²) in [7, 11) is 5.96. The smallest absolute Gasteiger partial charge is 0.311 e. The van der Waals surface area contributed by atoms with Gasteiger partial charge in [-0.15, -0.1) is 11.7 Å². The summed E-state index contributed by atoms with van der Waals surface area (Å²) in [6.07, 6.45) is -3.17. The number of hydrogen-bond donors (Lipinski definition) is 3. The van der Waals surface area contributed by atoms with E-state index in [-0.39, 0.29) is 12.8 Å². The second-order valence-electron chi connectivity index (χ2n) is 22.3. The maximum absolute atomic E-state index is 17.0. The van der Waals surface area contributed by atoms with Crippen molar-refractivity contribution in [1.29, 1.82) is 0 Å². The second kappa shape index (κ2) is 20.8. The first kappa shape index (κ1) is 57.5. The largest absolute Gasteiger partial charge is 0.459 e. The van der Waals surface area contributed by atoms with Gasteiger partial charge in [-0.05, 0) is 39.9 Å². The number of carbonyl (C=O) groups is 8. The van der Waals surface area contributed by atoms with Crippen molar-refractivity contribution in [3.8, 4) is 0 Å². The fraction of sp³-hybridized carbons (Fsp3) is 0.377. The van der Waals surface area contributed by atoms with E-state index in [1.807, 2.05) is 115 Å². The highest BCUT2D eigenvalue weighted by Gasteiger charge is 2.86. The number of thiol groups is 1.